The van der Waals surface area contributed by atoms with Crippen molar-refractivity contribution in [3.63, 3.8) is 0 Å². The van der Waals surface area contributed by atoms with Gasteiger partial charge in [-0.3, -0.25) is 10.1 Å². The fourth-order valence-electron chi connectivity index (χ4n) is 2.49. The predicted molar refractivity (Wildman–Crippen MR) is 95.7 cm³/mol. The average molecular weight is 335 g/mol. The Morgan fingerprint density at radius 3 is 2.21 bits per heavy atom. The van der Waals surface area contributed by atoms with Gasteiger partial charge in [0, 0.05) is 22.6 Å². The van der Waals surface area contributed by atoms with Crippen LogP contribution in [0.2, 0.25) is 0 Å². The predicted octanol–water partition coefficient (Wildman–Crippen LogP) is 4.75. The van der Waals surface area contributed by atoms with Crippen molar-refractivity contribution in [2.45, 2.75) is 6.92 Å². The third-order valence-corrected chi connectivity index (χ3v) is 4.80. The van der Waals surface area contributed by atoms with E-state index in [0.29, 0.717) is 10.6 Å². The Bertz CT molecular complexity index is 952. The van der Waals surface area contributed by atoms with Crippen LogP contribution in [0.4, 0.5) is 10.7 Å². The molecule has 0 atom stereocenters. The van der Waals surface area contributed by atoms with Crippen molar-refractivity contribution in [2.24, 2.45) is 0 Å². The van der Waals surface area contributed by atoms with Gasteiger partial charge in [0.05, 0.1) is 10.5 Å². The topological polar surface area (TPSA) is 92.9 Å². The summed E-state index contributed by atoms with van der Waals surface area (Å²) in [6.45, 7) is 1.99. The number of nitrogen functional groups attached to an aromatic ring is 1. The molecular weight excluding hydrogens is 322 g/mol. The number of hydrogen-bond acceptors (Lipinski definition) is 5. The highest BCUT2D eigenvalue weighted by atomic mass is 32.1. The quantitative estimate of drug-likeness (QED) is 0.552. The molecule has 6 heteroatoms. The summed E-state index contributed by atoms with van der Waals surface area (Å²) in [5.74, 6) is 0. The van der Waals surface area contributed by atoms with Gasteiger partial charge in [-0.25, -0.2) is 0 Å². The molecule has 3 rings (SSSR count). The molecule has 0 aliphatic carbocycles. The van der Waals surface area contributed by atoms with Crippen LogP contribution in [0, 0.1) is 28.4 Å². The summed E-state index contributed by atoms with van der Waals surface area (Å²) < 4.78 is 0. The van der Waals surface area contributed by atoms with Crippen LogP contribution in [0.25, 0.3) is 21.6 Å². The number of rotatable bonds is 3. The molecule has 2 aromatic carbocycles. The molecule has 0 radical (unpaired) electrons. The fourth-order valence-corrected chi connectivity index (χ4v) is 3.54. The summed E-state index contributed by atoms with van der Waals surface area (Å²) in [6.07, 6.45) is 0. The van der Waals surface area contributed by atoms with E-state index in [1.165, 1.54) is 23.5 Å². The molecule has 0 unspecified atom stereocenters. The van der Waals surface area contributed by atoms with E-state index < -0.39 is 4.92 Å². The van der Waals surface area contributed by atoms with Gasteiger partial charge >= 0.3 is 0 Å². The summed E-state index contributed by atoms with van der Waals surface area (Å²) in [7, 11) is 0. The van der Waals surface area contributed by atoms with Gasteiger partial charge in [-0.15, -0.1) is 11.3 Å². The van der Waals surface area contributed by atoms with Crippen molar-refractivity contribution in [1.29, 1.82) is 5.26 Å². The van der Waals surface area contributed by atoms with E-state index in [4.69, 9.17) is 5.73 Å². The van der Waals surface area contributed by atoms with Crippen molar-refractivity contribution in [2.75, 3.05) is 5.73 Å². The first-order valence-electron chi connectivity index (χ1n) is 7.15. The van der Waals surface area contributed by atoms with Crippen LogP contribution in [-0.4, -0.2) is 4.92 Å². The zero-order valence-corrected chi connectivity index (χ0v) is 13.6. The monoisotopic (exact) mass is 335 g/mol. The van der Waals surface area contributed by atoms with E-state index >= 15 is 0 Å². The second kappa shape index (κ2) is 6.14. The molecule has 24 heavy (non-hydrogen) atoms. The number of benzene rings is 2. The molecule has 118 valence electrons. The maximum absolute atomic E-state index is 10.8. The van der Waals surface area contributed by atoms with Crippen molar-refractivity contribution < 1.29 is 4.92 Å². The van der Waals surface area contributed by atoms with Gasteiger partial charge in [-0.2, -0.15) is 5.26 Å². The standard InChI is InChI=1S/C18H13N3O2S/c1-11-2-4-12(5-3-11)16-15(10-19)18(20)24-17(16)13-6-8-14(9-7-13)21(22)23/h2-9H,20H2,1H3. The van der Waals surface area contributed by atoms with E-state index in [0.717, 1.165) is 27.1 Å². The van der Waals surface area contributed by atoms with E-state index in [9.17, 15) is 15.4 Å². The van der Waals surface area contributed by atoms with Gasteiger partial charge in [-0.1, -0.05) is 29.8 Å². The van der Waals surface area contributed by atoms with Gasteiger partial charge < -0.3 is 5.73 Å². The zero-order valence-electron chi connectivity index (χ0n) is 12.8. The van der Waals surface area contributed by atoms with Crippen LogP contribution in [-0.2, 0) is 0 Å². The first kappa shape index (κ1) is 15.7. The Hall–Kier alpha value is -3.17. The highest BCUT2D eigenvalue weighted by molar-refractivity contribution is 7.20. The summed E-state index contributed by atoms with van der Waals surface area (Å²) in [6, 6.07) is 16.3. The minimum absolute atomic E-state index is 0.0284. The number of nitriles is 1. The minimum atomic E-state index is -0.436. The smallest absolute Gasteiger partial charge is 0.269 e. The Morgan fingerprint density at radius 1 is 1.08 bits per heavy atom. The maximum Gasteiger partial charge on any atom is 0.269 e. The number of nitrogens with two attached hydrogens (primary N) is 1. The van der Waals surface area contributed by atoms with E-state index in [-0.39, 0.29) is 5.69 Å². The van der Waals surface area contributed by atoms with Crippen LogP contribution < -0.4 is 5.73 Å². The molecule has 0 spiro atoms. The van der Waals surface area contributed by atoms with Crippen molar-refractivity contribution in [1.82, 2.24) is 0 Å². The first-order chi connectivity index (χ1) is 11.5. The number of nitrogens with zero attached hydrogens (tertiary/aromatic N) is 2. The molecule has 0 amide bonds. The van der Waals surface area contributed by atoms with Crippen molar-refractivity contribution in [3.05, 3.63) is 69.8 Å². The minimum Gasteiger partial charge on any atom is -0.389 e. The maximum atomic E-state index is 10.8. The van der Waals surface area contributed by atoms with Crippen LogP contribution in [0.15, 0.2) is 48.5 Å². The highest BCUT2D eigenvalue weighted by Crippen LogP contribution is 2.44. The van der Waals surface area contributed by atoms with Crippen LogP contribution in [0.5, 0.6) is 0 Å². The molecule has 1 aromatic heterocycles. The van der Waals surface area contributed by atoms with Crippen molar-refractivity contribution in [3.8, 4) is 27.6 Å². The molecule has 0 saturated carbocycles. The van der Waals surface area contributed by atoms with Gasteiger partial charge in [-0.05, 0) is 30.2 Å². The van der Waals surface area contributed by atoms with E-state index in [1.54, 1.807) is 12.1 Å². The number of non-ortho nitro benzene ring substituents is 1. The van der Waals surface area contributed by atoms with Gasteiger partial charge in [0.2, 0.25) is 0 Å². The lowest BCUT2D eigenvalue weighted by atomic mass is 9.98. The number of anilines is 1. The fraction of sp³-hybridized carbons (Fsp3) is 0.0556. The Balaban J connectivity index is 2.20. The average Bonchev–Trinajstić information content (AvgIpc) is 2.92. The molecular formula is C18H13N3O2S. The largest absolute Gasteiger partial charge is 0.389 e. The van der Waals surface area contributed by atoms with Crippen molar-refractivity contribution >= 4 is 22.0 Å². The third kappa shape index (κ3) is 2.73. The normalized spacial score (nSPS) is 10.3. The number of aryl methyl sites for hydroxylation is 1. The molecule has 5 nitrogen and oxygen atoms in total. The number of nitro groups is 1. The second-order valence-electron chi connectivity index (χ2n) is 5.33. The summed E-state index contributed by atoms with van der Waals surface area (Å²) >= 11 is 1.32. The number of hydrogen-bond donors (Lipinski definition) is 1. The Labute approximate surface area is 142 Å². The first-order valence-corrected chi connectivity index (χ1v) is 7.97. The second-order valence-corrected chi connectivity index (χ2v) is 6.38. The van der Waals surface area contributed by atoms with Gasteiger partial charge in [0.25, 0.3) is 5.69 Å². The molecule has 0 aliphatic rings. The molecule has 0 aliphatic heterocycles. The van der Waals surface area contributed by atoms with E-state index in [2.05, 4.69) is 6.07 Å². The van der Waals surface area contributed by atoms with Gasteiger partial charge in [0.15, 0.2) is 0 Å². The molecule has 3 aromatic rings. The van der Waals surface area contributed by atoms with Gasteiger partial charge in [0.1, 0.15) is 11.1 Å². The summed E-state index contributed by atoms with van der Waals surface area (Å²) in [5.41, 5.74) is 10.1. The summed E-state index contributed by atoms with van der Waals surface area (Å²) in [5, 5.41) is 20.7. The number of thiophene rings is 1. The van der Waals surface area contributed by atoms with Crippen LogP contribution in [0.3, 0.4) is 0 Å². The summed E-state index contributed by atoms with van der Waals surface area (Å²) in [4.78, 5) is 11.2. The third-order valence-electron chi connectivity index (χ3n) is 3.73. The number of nitro benzene ring substituents is 1. The lowest BCUT2D eigenvalue weighted by molar-refractivity contribution is -0.384. The SMILES string of the molecule is Cc1ccc(-c2c(-c3ccc([N+](=O)[O-])cc3)sc(N)c2C#N)cc1. The lowest BCUT2D eigenvalue weighted by Crippen LogP contribution is -1.88. The molecule has 1 heterocycles. The molecule has 2 N–H and O–H groups in total. The lowest BCUT2D eigenvalue weighted by Gasteiger charge is -2.06. The Kier molecular flexibility index (Phi) is 4.02. The van der Waals surface area contributed by atoms with Crippen LogP contribution >= 0.6 is 11.3 Å². The molecule has 0 bridgehead atoms. The Morgan fingerprint density at radius 2 is 1.67 bits per heavy atom. The van der Waals surface area contributed by atoms with Crippen LogP contribution in [0.1, 0.15) is 11.1 Å². The van der Waals surface area contributed by atoms with E-state index in [1.807, 2.05) is 31.2 Å². The highest BCUT2D eigenvalue weighted by Gasteiger charge is 2.19. The molecule has 0 saturated heterocycles. The molecule has 0 fully saturated rings. The zero-order chi connectivity index (χ0) is 17.3.